The van der Waals surface area contributed by atoms with Crippen molar-refractivity contribution in [2.45, 2.75) is 58.0 Å². The van der Waals surface area contributed by atoms with Gasteiger partial charge >= 0.3 is 5.97 Å². The van der Waals surface area contributed by atoms with Crippen LogP contribution in [0.4, 0.5) is 0 Å². The van der Waals surface area contributed by atoms with E-state index in [0.29, 0.717) is 12.1 Å². The molecule has 0 unspecified atom stereocenters. The Morgan fingerprint density at radius 1 is 0.971 bits per heavy atom. The summed E-state index contributed by atoms with van der Waals surface area (Å²) in [5, 5.41) is 2.75. The Balaban J connectivity index is 1.75. The molecule has 1 aliphatic rings. The third-order valence-corrected chi connectivity index (χ3v) is 6.65. The molecule has 0 fully saturated rings. The van der Waals surface area contributed by atoms with Crippen LogP contribution in [-0.2, 0) is 28.9 Å². The topological polar surface area (TPSA) is 77.4 Å². The van der Waals surface area contributed by atoms with Crippen LogP contribution >= 0.6 is 0 Å². The summed E-state index contributed by atoms with van der Waals surface area (Å²) in [6.45, 7) is 2.43. The molecule has 3 aromatic rings. The summed E-state index contributed by atoms with van der Waals surface area (Å²) in [4.78, 5) is 39.6. The van der Waals surface area contributed by atoms with Crippen molar-refractivity contribution in [1.29, 1.82) is 0 Å². The number of hydrogen-bond donors (Lipinski definition) is 1. The predicted octanol–water partition coefficient (Wildman–Crippen LogP) is 4.51. The molecule has 4 rings (SSSR count). The van der Waals surface area contributed by atoms with Crippen LogP contribution in [0.1, 0.15) is 70.0 Å². The van der Waals surface area contributed by atoms with E-state index in [4.69, 9.17) is 4.74 Å². The van der Waals surface area contributed by atoms with Gasteiger partial charge in [0.15, 0.2) is 6.04 Å². The summed E-state index contributed by atoms with van der Waals surface area (Å²) in [6.07, 6.45) is 5.95. The summed E-state index contributed by atoms with van der Waals surface area (Å²) >= 11 is 0. The first-order valence-corrected chi connectivity index (χ1v) is 12.2. The minimum Gasteiger partial charge on any atom is -0.467 e. The van der Waals surface area contributed by atoms with E-state index in [2.05, 4.69) is 5.32 Å². The van der Waals surface area contributed by atoms with Crippen LogP contribution in [0.2, 0.25) is 0 Å². The molecule has 0 bridgehead atoms. The lowest BCUT2D eigenvalue weighted by Gasteiger charge is -2.22. The van der Waals surface area contributed by atoms with Gasteiger partial charge in [0.1, 0.15) is 5.56 Å². The summed E-state index contributed by atoms with van der Waals surface area (Å²) in [5.41, 5.74) is 4.53. The van der Waals surface area contributed by atoms with Crippen molar-refractivity contribution in [3.8, 4) is 0 Å². The van der Waals surface area contributed by atoms with Gasteiger partial charge in [0.25, 0.3) is 11.5 Å². The Hall–Kier alpha value is -3.67. The number of carbonyl (C=O) groups excluding carboxylic acids is 2. The van der Waals surface area contributed by atoms with Gasteiger partial charge in [-0.15, -0.1) is 0 Å². The van der Waals surface area contributed by atoms with E-state index < -0.39 is 17.9 Å². The number of carbonyl (C=O) groups is 2. The van der Waals surface area contributed by atoms with E-state index in [-0.39, 0.29) is 11.1 Å². The van der Waals surface area contributed by atoms with Crippen molar-refractivity contribution >= 4 is 11.9 Å². The largest absolute Gasteiger partial charge is 0.467 e. The van der Waals surface area contributed by atoms with Gasteiger partial charge in [-0.2, -0.15) is 0 Å². The third kappa shape index (κ3) is 5.70. The zero-order valence-electron chi connectivity index (χ0n) is 20.4. The molecule has 0 saturated heterocycles. The van der Waals surface area contributed by atoms with Crippen molar-refractivity contribution in [2.75, 3.05) is 7.11 Å². The standard InChI is InChI=1S/C29H32N2O4/c1-20-14-16-21(17-15-20)19-31-25-13-9-4-3-6-12-23(25)18-24(28(31)33)27(32)30-26(29(34)35-2)22-10-7-5-8-11-22/h5,7-8,10-11,14-18,26H,3-4,6,9,12-13,19H2,1-2H3,(H,30,32)/t26-/m1/s1. The molecule has 0 saturated carbocycles. The molecule has 182 valence electrons. The lowest BCUT2D eigenvalue weighted by molar-refractivity contribution is -0.143. The van der Waals surface area contributed by atoms with Gasteiger partial charge < -0.3 is 14.6 Å². The number of methoxy groups -OCH3 is 1. The Labute approximate surface area is 205 Å². The number of nitrogens with zero attached hydrogens (tertiary/aromatic N) is 1. The average Bonchev–Trinajstić information content (AvgIpc) is 2.86. The summed E-state index contributed by atoms with van der Waals surface area (Å²) in [5.74, 6) is -1.16. The van der Waals surface area contributed by atoms with Gasteiger partial charge in [0.2, 0.25) is 0 Å². The average molecular weight is 473 g/mol. The second-order valence-electron chi connectivity index (χ2n) is 9.16. The zero-order valence-corrected chi connectivity index (χ0v) is 20.4. The second kappa shape index (κ2) is 11.2. The van der Waals surface area contributed by atoms with Gasteiger partial charge in [-0.1, -0.05) is 73.0 Å². The Kier molecular flexibility index (Phi) is 7.80. The van der Waals surface area contributed by atoms with Gasteiger partial charge in [-0.3, -0.25) is 9.59 Å². The number of nitrogens with one attached hydrogen (secondary N) is 1. The number of hydrogen-bond acceptors (Lipinski definition) is 4. The van der Waals surface area contributed by atoms with Crippen LogP contribution in [0.15, 0.2) is 65.5 Å². The van der Waals surface area contributed by atoms with Gasteiger partial charge in [-0.25, -0.2) is 4.79 Å². The van der Waals surface area contributed by atoms with Crippen LogP contribution in [-0.4, -0.2) is 23.6 Å². The van der Waals surface area contributed by atoms with Gasteiger partial charge in [0, 0.05) is 5.69 Å². The second-order valence-corrected chi connectivity index (χ2v) is 9.16. The maximum Gasteiger partial charge on any atom is 0.333 e. The first kappa shape index (κ1) is 24.5. The number of fused-ring (bicyclic) bond motifs is 1. The van der Waals surface area contributed by atoms with E-state index in [1.807, 2.05) is 37.3 Å². The fraction of sp³-hybridized carbons (Fsp3) is 0.345. The lowest BCUT2D eigenvalue weighted by atomic mass is 9.95. The Morgan fingerprint density at radius 2 is 1.66 bits per heavy atom. The van der Waals surface area contributed by atoms with E-state index >= 15 is 0 Å². The monoisotopic (exact) mass is 472 g/mol. The molecule has 0 radical (unpaired) electrons. The molecule has 1 atom stereocenters. The highest BCUT2D eigenvalue weighted by atomic mass is 16.5. The zero-order chi connectivity index (χ0) is 24.8. The molecular weight excluding hydrogens is 440 g/mol. The van der Waals surface area contributed by atoms with Crippen LogP contribution < -0.4 is 10.9 Å². The SMILES string of the molecule is COC(=O)[C@H](NC(=O)c1cc2c(n(Cc3ccc(C)cc3)c1=O)CCCCCC2)c1ccccc1. The van der Waals surface area contributed by atoms with E-state index in [1.165, 1.54) is 7.11 Å². The van der Waals surface area contributed by atoms with Crippen molar-refractivity contribution in [2.24, 2.45) is 0 Å². The summed E-state index contributed by atoms with van der Waals surface area (Å²) in [7, 11) is 1.28. The number of pyridine rings is 1. The van der Waals surface area contributed by atoms with Crippen molar-refractivity contribution < 1.29 is 14.3 Å². The molecule has 1 amide bonds. The molecule has 6 nitrogen and oxygen atoms in total. The fourth-order valence-corrected chi connectivity index (χ4v) is 4.69. The van der Waals surface area contributed by atoms with Crippen LogP contribution in [0, 0.1) is 6.92 Å². The molecule has 1 heterocycles. The smallest absolute Gasteiger partial charge is 0.333 e. The highest BCUT2D eigenvalue weighted by molar-refractivity contribution is 5.97. The third-order valence-electron chi connectivity index (χ3n) is 6.65. The molecule has 1 aliphatic carbocycles. The lowest BCUT2D eigenvalue weighted by Crippen LogP contribution is -2.39. The number of benzene rings is 2. The predicted molar refractivity (Wildman–Crippen MR) is 136 cm³/mol. The summed E-state index contributed by atoms with van der Waals surface area (Å²) < 4.78 is 6.69. The van der Waals surface area contributed by atoms with E-state index in [1.54, 1.807) is 34.9 Å². The van der Waals surface area contributed by atoms with Crippen LogP contribution in [0.3, 0.4) is 0 Å². The fourth-order valence-electron chi connectivity index (χ4n) is 4.69. The minimum absolute atomic E-state index is 0.0567. The first-order chi connectivity index (χ1) is 17.0. The number of esters is 1. The number of aromatic nitrogens is 1. The minimum atomic E-state index is -0.999. The molecule has 1 aromatic heterocycles. The van der Waals surface area contributed by atoms with Crippen molar-refractivity contribution in [1.82, 2.24) is 9.88 Å². The molecular formula is C29H32N2O4. The van der Waals surface area contributed by atoms with Gasteiger partial charge in [0.05, 0.1) is 13.7 Å². The molecule has 2 aromatic carbocycles. The van der Waals surface area contributed by atoms with Crippen molar-refractivity contribution in [3.05, 3.63) is 105 Å². The maximum absolute atomic E-state index is 13.7. The maximum atomic E-state index is 13.7. The molecule has 1 N–H and O–H groups in total. The van der Waals surface area contributed by atoms with E-state index in [9.17, 15) is 14.4 Å². The van der Waals surface area contributed by atoms with Crippen molar-refractivity contribution in [3.63, 3.8) is 0 Å². The number of aryl methyl sites for hydroxylation is 2. The normalized spacial score (nSPS) is 14.2. The number of amides is 1. The molecule has 35 heavy (non-hydrogen) atoms. The molecule has 6 heteroatoms. The van der Waals surface area contributed by atoms with E-state index in [0.717, 1.165) is 60.9 Å². The van der Waals surface area contributed by atoms with Crippen LogP contribution in [0.5, 0.6) is 0 Å². The Bertz CT molecular complexity index is 1250. The highest BCUT2D eigenvalue weighted by Gasteiger charge is 2.27. The number of rotatable bonds is 6. The Morgan fingerprint density at radius 3 is 2.34 bits per heavy atom. The molecule has 0 aliphatic heterocycles. The quantitative estimate of drug-likeness (QED) is 0.536. The molecule has 0 spiro atoms. The summed E-state index contributed by atoms with van der Waals surface area (Å²) in [6, 6.07) is 17.7. The first-order valence-electron chi connectivity index (χ1n) is 12.2. The van der Waals surface area contributed by atoms with Crippen LogP contribution in [0.25, 0.3) is 0 Å². The number of ether oxygens (including phenoxy) is 1. The van der Waals surface area contributed by atoms with Gasteiger partial charge in [-0.05, 0) is 55.4 Å². The highest BCUT2D eigenvalue weighted by Crippen LogP contribution is 2.22.